The highest BCUT2D eigenvalue weighted by Crippen LogP contribution is 2.16. The first kappa shape index (κ1) is 15.6. The number of benzene rings is 1. The van der Waals surface area contributed by atoms with Gasteiger partial charge in [-0.1, -0.05) is 36.9 Å². The molecule has 1 aliphatic heterocycles. The fraction of sp³-hybridized carbons (Fsp3) is 0.316. The van der Waals surface area contributed by atoms with Crippen LogP contribution in [0.25, 0.3) is 5.70 Å². The van der Waals surface area contributed by atoms with Gasteiger partial charge in [-0.05, 0) is 24.7 Å². The molecule has 0 unspecified atom stereocenters. The number of nitrogens with one attached hydrogen (secondary N) is 1. The Morgan fingerprint density at radius 3 is 2.48 bits per heavy atom. The van der Waals surface area contributed by atoms with Crippen LogP contribution >= 0.6 is 0 Å². The minimum Gasteiger partial charge on any atom is -0.381 e. The molecule has 1 N–H and O–H groups in total. The van der Waals surface area contributed by atoms with Crippen molar-refractivity contribution in [2.75, 3.05) is 38.1 Å². The van der Waals surface area contributed by atoms with Crippen molar-refractivity contribution < 1.29 is 0 Å². The van der Waals surface area contributed by atoms with Gasteiger partial charge < -0.3 is 15.1 Å². The van der Waals surface area contributed by atoms with Gasteiger partial charge in [0.25, 0.3) is 0 Å². The highest BCUT2D eigenvalue weighted by Gasteiger charge is 2.15. The second kappa shape index (κ2) is 7.29. The summed E-state index contributed by atoms with van der Waals surface area (Å²) in [6.07, 6.45) is 1.91. The van der Waals surface area contributed by atoms with E-state index in [-0.39, 0.29) is 0 Å². The molecular weight excluding hydrogens is 284 g/mol. The van der Waals surface area contributed by atoms with Gasteiger partial charge in [0.1, 0.15) is 5.82 Å². The Morgan fingerprint density at radius 1 is 1.09 bits per heavy atom. The van der Waals surface area contributed by atoms with Crippen LogP contribution in [0.4, 0.5) is 5.82 Å². The van der Waals surface area contributed by atoms with E-state index in [1.54, 1.807) is 0 Å². The molecule has 4 nitrogen and oxygen atoms in total. The molecule has 0 atom stereocenters. The smallest absolute Gasteiger partial charge is 0.128 e. The van der Waals surface area contributed by atoms with E-state index < -0.39 is 0 Å². The lowest BCUT2D eigenvalue weighted by Crippen LogP contribution is -2.44. The van der Waals surface area contributed by atoms with Crippen LogP contribution in [0.15, 0.2) is 55.2 Å². The Balaban J connectivity index is 1.57. The summed E-state index contributed by atoms with van der Waals surface area (Å²) in [6, 6.07) is 14.5. The standard InChI is InChI=1S/C19H24N4/c1-16(20-14-17-6-4-3-5-7-17)18-8-9-19(21-15-18)23-12-10-22(2)11-13-23/h3-9,15,20H,1,10-14H2,2H3. The molecule has 120 valence electrons. The van der Waals surface area contributed by atoms with Crippen LogP contribution in [0.2, 0.25) is 0 Å². The second-order valence-electron chi connectivity index (χ2n) is 6.01. The maximum Gasteiger partial charge on any atom is 0.128 e. The normalized spacial score (nSPS) is 15.4. The number of likely N-dealkylation sites (N-methyl/N-ethyl adjacent to an activating group) is 1. The third-order valence-corrected chi connectivity index (χ3v) is 4.27. The maximum atomic E-state index is 4.61. The van der Waals surface area contributed by atoms with Crippen LogP contribution < -0.4 is 10.2 Å². The Morgan fingerprint density at radius 2 is 1.83 bits per heavy atom. The fourth-order valence-electron chi connectivity index (χ4n) is 2.69. The SMILES string of the molecule is C=C(NCc1ccccc1)c1ccc(N2CCN(C)CC2)nc1. The molecule has 1 aliphatic rings. The second-order valence-corrected chi connectivity index (χ2v) is 6.01. The van der Waals surface area contributed by atoms with Gasteiger partial charge in [0.15, 0.2) is 0 Å². The number of nitrogens with zero attached hydrogens (tertiary/aromatic N) is 3. The zero-order chi connectivity index (χ0) is 16.1. The molecule has 1 aromatic heterocycles. The number of pyridine rings is 1. The lowest BCUT2D eigenvalue weighted by atomic mass is 10.2. The predicted octanol–water partition coefficient (Wildman–Crippen LogP) is 2.59. The van der Waals surface area contributed by atoms with E-state index in [1.165, 1.54) is 5.56 Å². The molecule has 0 aliphatic carbocycles. The molecule has 0 amide bonds. The molecule has 1 saturated heterocycles. The minimum atomic E-state index is 0.778. The summed E-state index contributed by atoms with van der Waals surface area (Å²) < 4.78 is 0. The highest BCUT2D eigenvalue weighted by atomic mass is 15.3. The number of hydrogen-bond acceptors (Lipinski definition) is 4. The van der Waals surface area contributed by atoms with Gasteiger partial charge in [0.05, 0.1) is 0 Å². The zero-order valence-electron chi connectivity index (χ0n) is 13.7. The molecule has 2 aromatic rings. The van der Waals surface area contributed by atoms with Crippen LogP contribution in [0.1, 0.15) is 11.1 Å². The van der Waals surface area contributed by atoms with Gasteiger partial charge in [-0.25, -0.2) is 4.98 Å². The summed E-state index contributed by atoms with van der Waals surface area (Å²) in [5.41, 5.74) is 3.20. The fourth-order valence-corrected chi connectivity index (χ4v) is 2.69. The summed E-state index contributed by atoms with van der Waals surface area (Å²) in [6.45, 7) is 9.16. The average molecular weight is 308 g/mol. The van der Waals surface area contributed by atoms with Crippen molar-refractivity contribution in [1.29, 1.82) is 0 Å². The van der Waals surface area contributed by atoms with E-state index >= 15 is 0 Å². The third kappa shape index (κ3) is 4.11. The van der Waals surface area contributed by atoms with Crippen molar-refractivity contribution in [3.63, 3.8) is 0 Å². The summed E-state index contributed by atoms with van der Waals surface area (Å²) in [4.78, 5) is 9.29. The van der Waals surface area contributed by atoms with Gasteiger partial charge >= 0.3 is 0 Å². The van der Waals surface area contributed by atoms with Crippen LogP contribution in [0.3, 0.4) is 0 Å². The summed E-state index contributed by atoms with van der Waals surface area (Å²) in [5.74, 6) is 1.05. The van der Waals surface area contributed by atoms with Gasteiger partial charge in [-0.3, -0.25) is 0 Å². The highest BCUT2D eigenvalue weighted by molar-refractivity contribution is 5.62. The van der Waals surface area contributed by atoms with Gasteiger partial charge in [-0.15, -0.1) is 0 Å². The molecule has 4 heteroatoms. The Labute approximate surface area is 138 Å². The van der Waals surface area contributed by atoms with Gasteiger partial charge in [0, 0.05) is 50.2 Å². The van der Waals surface area contributed by atoms with Gasteiger partial charge in [-0.2, -0.15) is 0 Å². The lowest BCUT2D eigenvalue weighted by Gasteiger charge is -2.33. The maximum absolute atomic E-state index is 4.61. The van der Waals surface area contributed by atoms with Gasteiger partial charge in [0.2, 0.25) is 0 Å². The van der Waals surface area contributed by atoms with Crippen molar-refractivity contribution in [3.05, 3.63) is 66.4 Å². The summed E-state index contributed by atoms with van der Waals surface area (Å²) in [5, 5.41) is 3.37. The molecule has 0 spiro atoms. The monoisotopic (exact) mass is 308 g/mol. The minimum absolute atomic E-state index is 0.778. The topological polar surface area (TPSA) is 31.4 Å². The Kier molecular flexibility index (Phi) is 4.93. The molecule has 0 saturated carbocycles. The number of aromatic nitrogens is 1. The van der Waals surface area contributed by atoms with Crippen LogP contribution in [-0.2, 0) is 6.54 Å². The number of rotatable bonds is 5. The van der Waals surface area contributed by atoms with E-state index in [4.69, 9.17) is 0 Å². The number of hydrogen-bond donors (Lipinski definition) is 1. The van der Waals surface area contributed by atoms with Crippen molar-refractivity contribution in [1.82, 2.24) is 15.2 Å². The van der Waals surface area contributed by atoms with E-state index in [0.29, 0.717) is 0 Å². The van der Waals surface area contributed by atoms with Crippen molar-refractivity contribution in [3.8, 4) is 0 Å². The first-order chi connectivity index (χ1) is 11.2. The molecule has 1 aromatic carbocycles. The lowest BCUT2D eigenvalue weighted by molar-refractivity contribution is 0.312. The van der Waals surface area contributed by atoms with E-state index in [9.17, 15) is 0 Å². The van der Waals surface area contributed by atoms with Crippen LogP contribution in [0.5, 0.6) is 0 Å². The summed E-state index contributed by atoms with van der Waals surface area (Å²) >= 11 is 0. The largest absolute Gasteiger partial charge is 0.381 e. The molecule has 0 radical (unpaired) electrons. The van der Waals surface area contributed by atoms with Crippen molar-refractivity contribution in [2.24, 2.45) is 0 Å². The first-order valence-electron chi connectivity index (χ1n) is 8.09. The molecule has 0 bridgehead atoms. The Hall–Kier alpha value is -2.33. The van der Waals surface area contributed by atoms with Crippen LogP contribution in [0, 0.1) is 0 Å². The van der Waals surface area contributed by atoms with Crippen molar-refractivity contribution >= 4 is 11.5 Å². The Bertz CT molecular complexity index is 628. The molecule has 3 rings (SSSR count). The average Bonchev–Trinajstić information content (AvgIpc) is 2.61. The van der Waals surface area contributed by atoms with E-state index in [0.717, 1.165) is 49.8 Å². The number of anilines is 1. The molecular formula is C19H24N4. The quantitative estimate of drug-likeness (QED) is 0.920. The zero-order valence-corrected chi connectivity index (χ0v) is 13.7. The molecule has 2 heterocycles. The van der Waals surface area contributed by atoms with Crippen LogP contribution in [-0.4, -0.2) is 43.1 Å². The molecule has 1 fully saturated rings. The summed E-state index contributed by atoms with van der Waals surface area (Å²) in [7, 11) is 2.16. The molecule has 23 heavy (non-hydrogen) atoms. The predicted molar refractivity (Wildman–Crippen MR) is 96.3 cm³/mol. The van der Waals surface area contributed by atoms with E-state index in [2.05, 4.69) is 58.0 Å². The van der Waals surface area contributed by atoms with Crippen molar-refractivity contribution in [2.45, 2.75) is 6.54 Å². The number of piperazine rings is 1. The third-order valence-electron chi connectivity index (χ3n) is 4.27. The first-order valence-corrected chi connectivity index (χ1v) is 8.09. The van der Waals surface area contributed by atoms with E-state index in [1.807, 2.05) is 24.4 Å².